The first-order valence-corrected chi connectivity index (χ1v) is 12.4. The van der Waals surface area contributed by atoms with Crippen LogP contribution in [-0.4, -0.2) is 49.3 Å². The molecular weight excluding hydrogens is 470 g/mol. The molecule has 7 nitrogen and oxygen atoms in total. The van der Waals surface area contributed by atoms with Crippen LogP contribution in [0.4, 0.5) is 0 Å². The van der Waals surface area contributed by atoms with Gasteiger partial charge in [0.25, 0.3) is 0 Å². The number of amides is 1. The minimum Gasteiger partial charge on any atom is -0.374 e. The summed E-state index contributed by atoms with van der Waals surface area (Å²) in [5.74, 6) is -0.283. The predicted octanol–water partition coefficient (Wildman–Crippen LogP) is 3.85. The molecule has 0 radical (unpaired) electrons. The van der Waals surface area contributed by atoms with E-state index in [0.29, 0.717) is 19.5 Å². The van der Waals surface area contributed by atoms with Gasteiger partial charge in [-0.3, -0.25) is 4.79 Å². The number of benzene rings is 3. The van der Waals surface area contributed by atoms with Crippen molar-refractivity contribution >= 4 is 12.2 Å². The van der Waals surface area contributed by atoms with E-state index >= 15 is 0 Å². The van der Waals surface area contributed by atoms with Gasteiger partial charge < -0.3 is 29.1 Å². The second-order valence-corrected chi connectivity index (χ2v) is 9.02. The molecule has 4 rings (SSSR count). The van der Waals surface area contributed by atoms with Crippen LogP contribution in [0, 0.1) is 0 Å². The molecule has 0 aliphatic carbocycles. The van der Waals surface area contributed by atoms with Crippen molar-refractivity contribution in [2.24, 2.45) is 0 Å². The highest BCUT2D eigenvalue weighted by Gasteiger charge is 2.48. The summed E-state index contributed by atoms with van der Waals surface area (Å²) in [7, 11) is 0. The Morgan fingerprint density at radius 1 is 0.784 bits per heavy atom. The van der Waals surface area contributed by atoms with E-state index in [4.69, 9.17) is 18.9 Å². The second-order valence-electron chi connectivity index (χ2n) is 9.02. The number of aldehydes is 1. The Balaban J connectivity index is 1.56. The zero-order chi connectivity index (χ0) is 25.9. The third-order valence-electron chi connectivity index (χ3n) is 6.20. The molecule has 0 saturated carbocycles. The summed E-state index contributed by atoms with van der Waals surface area (Å²) in [4.78, 5) is 24.2. The van der Waals surface area contributed by atoms with Gasteiger partial charge >= 0.3 is 0 Å². The topological polar surface area (TPSA) is 83.1 Å². The molecule has 1 N–H and O–H groups in total. The molecule has 1 amide bonds. The minimum absolute atomic E-state index is 0.191. The zero-order valence-corrected chi connectivity index (χ0v) is 20.9. The molecule has 194 valence electrons. The number of hydrogen-bond acceptors (Lipinski definition) is 6. The van der Waals surface area contributed by atoms with Gasteiger partial charge in [-0.2, -0.15) is 0 Å². The van der Waals surface area contributed by atoms with Crippen LogP contribution in [0.5, 0.6) is 0 Å². The van der Waals surface area contributed by atoms with Crippen molar-refractivity contribution in [3.05, 3.63) is 108 Å². The number of hydrogen-bond donors (Lipinski definition) is 1. The standard InChI is InChI=1S/C30H33NO6/c1-22(33)31-28-26(17-32)37-27(21-34-18-23-11-5-2-6-12-23)29(35-19-24-13-7-3-8-14-24)30(28)36-20-25-15-9-4-10-16-25/h2-17,26-30H,18-21H2,1H3,(H,31,33)/t26-,27-,28+,29-,30-/m1/s1. The van der Waals surface area contributed by atoms with Crippen LogP contribution in [-0.2, 0) is 48.4 Å². The fourth-order valence-corrected chi connectivity index (χ4v) is 4.42. The first kappa shape index (κ1) is 26.7. The molecule has 0 unspecified atom stereocenters. The molecule has 3 aromatic rings. The maximum Gasteiger partial charge on any atom is 0.217 e. The van der Waals surface area contributed by atoms with Crippen LogP contribution in [0.25, 0.3) is 0 Å². The van der Waals surface area contributed by atoms with Crippen LogP contribution in [0.2, 0.25) is 0 Å². The molecule has 0 aromatic heterocycles. The summed E-state index contributed by atoms with van der Waals surface area (Å²) in [6, 6.07) is 28.6. The Bertz CT molecular complexity index is 1090. The number of ether oxygens (including phenoxy) is 4. The first-order valence-electron chi connectivity index (χ1n) is 12.4. The molecule has 37 heavy (non-hydrogen) atoms. The third-order valence-corrected chi connectivity index (χ3v) is 6.20. The second kappa shape index (κ2) is 13.8. The smallest absolute Gasteiger partial charge is 0.217 e. The Hall–Kier alpha value is -3.36. The van der Waals surface area contributed by atoms with Gasteiger partial charge in [0.1, 0.15) is 24.4 Å². The molecular formula is C30H33NO6. The Labute approximate surface area is 217 Å². The van der Waals surface area contributed by atoms with Crippen LogP contribution in [0.1, 0.15) is 23.6 Å². The zero-order valence-electron chi connectivity index (χ0n) is 20.9. The van der Waals surface area contributed by atoms with Gasteiger partial charge in [0, 0.05) is 6.92 Å². The van der Waals surface area contributed by atoms with Crippen LogP contribution in [0.15, 0.2) is 91.0 Å². The molecule has 1 heterocycles. The summed E-state index contributed by atoms with van der Waals surface area (Å²) < 4.78 is 24.9. The fourth-order valence-electron chi connectivity index (χ4n) is 4.42. The Morgan fingerprint density at radius 2 is 1.27 bits per heavy atom. The molecule has 1 saturated heterocycles. The lowest BCUT2D eigenvalue weighted by atomic mass is 9.92. The van der Waals surface area contributed by atoms with E-state index in [1.807, 2.05) is 91.0 Å². The van der Waals surface area contributed by atoms with Gasteiger partial charge in [-0.1, -0.05) is 91.0 Å². The Morgan fingerprint density at radius 3 is 1.76 bits per heavy atom. The van der Waals surface area contributed by atoms with E-state index in [9.17, 15) is 9.59 Å². The van der Waals surface area contributed by atoms with Crippen molar-refractivity contribution in [2.45, 2.75) is 57.2 Å². The van der Waals surface area contributed by atoms with Gasteiger partial charge in [-0.25, -0.2) is 0 Å². The summed E-state index contributed by atoms with van der Waals surface area (Å²) in [6.45, 7) is 2.59. The summed E-state index contributed by atoms with van der Waals surface area (Å²) >= 11 is 0. The average molecular weight is 504 g/mol. The molecule has 1 aliphatic heterocycles. The maximum absolute atomic E-state index is 12.1. The predicted molar refractivity (Wildman–Crippen MR) is 138 cm³/mol. The first-order chi connectivity index (χ1) is 18.1. The van der Waals surface area contributed by atoms with Crippen molar-refractivity contribution in [1.29, 1.82) is 0 Å². The van der Waals surface area contributed by atoms with Gasteiger partial charge in [0.05, 0.1) is 32.5 Å². The van der Waals surface area contributed by atoms with Gasteiger partial charge in [0.15, 0.2) is 6.29 Å². The quantitative estimate of drug-likeness (QED) is 0.378. The average Bonchev–Trinajstić information content (AvgIpc) is 2.93. The van der Waals surface area contributed by atoms with E-state index in [0.717, 1.165) is 16.7 Å². The highest BCUT2D eigenvalue weighted by atomic mass is 16.6. The van der Waals surface area contributed by atoms with Gasteiger partial charge in [-0.05, 0) is 16.7 Å². The lowest BCUT2D eigenvalue weighted by Crippen LogP contribution is -2.65. The molecule has 0 spiro atoms. The normalized spacial score (nSPS) is 23.3. The summed E-state index contributed by atoms with van der Waals surface area (Å²) in [6.07, 6.45) is -2.05. The van der Waals surface area contributed by atoms with Crippen molar-refractivity contribution in [3.63, 3.8) is 0 Å². The fraction of sp³-hybridized carbons (Fsp3) is 0.333. The maximum atomic E-state index is 12.1. The highest BCUT2D eigenvalue weighted by Crippen LogP contribution is 2.28. The molecule has 5 atom stereocenters. The number of carbonyl (C=O) groups excluding carboxylic acids is 2. The van der Waals surface area contributed by atoms with E-state index in [1.165, 1.54) is 6.92 Å². The van der Waals surface area contributed by atoms with Crippen molar-refractivity contribution in [3.8, 4) is 0 Å². The summed E-state index contributed by atoms with van der Waals surface area (Å²) in [5, 5.41) is 2.86. The largest absolute Gasteiger partial charge is 0.374 e. The Kier molecular flexibility index (Phi) is 9.97. The monoisotopic (exact) mass is 503 g/mol. The molecule has 3 aromatic carbocycles. The van der Waals surface area contributed by atoms with E-state index in [1.54, 1.807) is 0 Å². The lowest BCUT2D eigenvalue weighted by molar-refractivity contribution is -0.226. The minimum atomic E-state index is -0.911. The van der Waals surface area contributed by atoms with Gasteiger partial charge in [0.2, 0.25) is 5.91 Å². The number of rotatable bonds is 12. The van der Waals surface area contributed by atoms with Gasteiger partial charge in [-0.15, -0.1) is 0 Å². The summed E-state index contributed by atoms with van der Waals surface area (Å²) in [5.41, 5.74) is 2.98. The van der Waals surface area contributed by atoms with Crippen LogP contribution < -0.4 is 5.32 Å². The van der Waals surface area contributed by atoms with Crippen molar-refractivity contribution in [1.82, 2.24) is 5.32 Å². The number of carbonyl (C=O) groups is 2. The molecule has 0 bridgehead atoms. The SMILES string of the molecule is CC(=O)N[C@@H]1[C@@H](OCc2ccccc2)[C@H](OCc2ccccc2)[C@@H](COCc2ccccc2)O[C@@H]1C=O. The molecule has 1 fully saturated rings. The lowest BCUT2D eigenvalue weighted by Gasteiger charge is -2.45. The van der Waals surface area contributed by atoms with Crippen LogP contribution >= 0.6 is 0 Å². The van der Waals surface area contributed by atoms with Crippen molar-refractivity contribution in [2.75, 3.05) is 6.61 Å². The molecule has 1 aliphatic rings. The van der Waals surface area contributed by atoms with E-state index in [2.05, 4.69) is 5.32 Å². The van der Waals surface area contributed by atoms with Crippen molar-refractivity contribution < 1.29 is 28.5 Å². The van der Waals surface area contributed by atoms with E-state index in [-0.39, 0.29) is 19.1 Å². The third kappa shape index (κ3) is 7.81. The van der Waals surface area contributed by atoms with E-state index < -0.39 is 30.5 Å². The molecule has 7 heteroatoms. The highest BCUT2D eigenvalue weighted by molar-refractivity contribution is 5.74. The number of nitrogens with one attached hydrogen (secondary N) is 1. The van der Waals surface area contributed by atoms with Crippen LogP contribution in [0.3, 0.4) is 0 Å².